The summed E-state index contributed by atoms with van der Waals surface area (Å²) in [6, 6.07) is 17.0. The molecule has 1 saturated carbocycles. The zero-order chi connectivity index (χ0) is 21.8. The van der Waals surface area contributed by atoms with Gasteiger partial charge in [0.1, 0.15) is 5.75 Å². The van der Waals surface area contributed by atoms with E-state index in [-0.39, 0.29) is 48.6 Å². The Morgan fingerprint density at radius 3 is 2.13 bits per heavy atom. The molecule has 3 amide bonds. The molecule has 2 aromatic carbocycles. The molecule has 1 aliphatic carbocycles. The van der Waals surface area contributed by atoms with E-state index in [4.69, 9.17) is 4.74 Å². The van der Waals surface area contributed by atoms with Crippen LogP contribution in [0.3, 0.4) is 0 Å². The van der Waals surface area contributed by atoms with Gasteiger partial charge in [0.05, 0.1) is 25.0 Å². The van der Waals surface area contributed by atoms with Crippen LogP contribution in [0, 0.1) is 11.8 Å². The lowest BCUT2D eigenvalue weighted by Gasteiger charge is -2.21. The number of likely N-dealkylation sites (tertiary alicyclic amines) is 1. The fourth-order valence-electron chi connectivity index (χ4n) is 4.70. The first-order valence-corrected chi connectivity index (χ1v) is 10.9. The third-order valence-corrected chi connectivity index (χ3v) is 6.38. The maximum absolute atomic E-state index is 12.8. The number of amides is 3. The number of carbonyl (C=O) groups excluding carboxylic acids is 3. The molecule has 3 unspecified atom stereocenters. The number of benzene rings is 2. The molecule has 2 fully saturated rings. The molecule has 1 N–H and O–H groups in total. The van der Waals surface area contributed by atoms with Gasteiger partial charge in [0, 0.05) is 13.0 Å². The summed E-state index contributed by atoms with van der Waals surface area (Å²) >= 11 is 0. The van der Waals surface area contributed by atoms with Crippen molar-refractivity contribution in [3.8, 4) is 5.75 Å². The van der Waals surface area contributed by atoms with Crippen molar-refractivity contribution in [1.82, 2.24) is 10.2 Å². The monoisotopic (exact) mass is 420 g/mol. The van der Waals surface area contributed by atoms with Crippen molar-refractivity contribution in [1.29, 1.82) is 0 Å². The number of carbonyl (C=O) groups is 3. The maximum atomic E-state index is 12.8. The molecule has 6 heteroatoms. The number of nitrogens with zero attached hydrogens (tertiary/aromatic N) is 1. The van der Waals surface area contributed by atoms with Crippen LogP contribution in [0.15, 0.2) is 54.6 Å². The Hall–Kier alpha value is -3.15. The van der Waals surface area contributed by atoms with Gasteiger partial charge in [-0.3, -0.25) is 19.3 Å². The minimum absolute atomic E-state index is 0.0937. The normalized spacial score (nSPS) is 21.5. The fraction of sp³-hybridized carbons (Fsp3) is 0.400. The minimum Gasteiger partial charge on any atom is -0.497 e. The van der Waals surface area contributed by atoms with Crippen LogP contribution in [-0.4, -0.2) is 36.3 Å². The van der Waals surface area contributed by atoms with Crippen molar-refractivity contribution in [2.45, 2.75) is 38.1 Å². The van der Waals surface area contributed by atoms with Crippen LogP contribution in [-0.2, 0) is 14.4 Å². The van der Waals surface area contributed by atoms with E-state index in [1.165, 1.54) is 4.90 Å². The molecular formula is C25H28N2O4. The fourth-order valence-corrected chi connectivity index (χ4v) is 4.70. The van der Waals surface area contributed by atoms with Crippen LogP contribution in [0.4, 0.5) is 0 Å². The molecule has 1 saturated heterocycles. The number of imide groups is 1. The van der Waals surface area contributed by atoms with Crippen molar-refractivity contribution in [2.24, 2.45) is 11.8 Å². The number of ether oxygens (including phenoxy) is 1. The molecule has 1 heterocycles. The van der Waals surface area contributed by atoms with Gasteiger partial charge in [0.2, 0.25) is 17.7 Å². The summed E-state index contributed by atoms with van der Waals surface area (Å²) in [4.78, 5) is 39.4. The molecule has 3 atom stereocenters. The summed E-state index contributed by atoms with van der Waals surface area (Å²) in [5, 5.41) is 3.07. The number of nitrogens with one attached hydrogen (secondary N) is 1. The highest BCUT2D eigenvalue weighted by Gasteiger charge is 2.47. The van der Waals surface area contributed by atoms with Crippen LogP contribution >= 0.6 is 0 Å². The largest absolute Gasteiger partial charge is 0.497 e. The highest BCUT2D eigenvalue weighted by Crippen LogP contribution is 2.38. The van der Waals surface area contributed by atoms with Gasteiger partial charge in [0.15, 0.2) is 0 Å². The van der Waals surface area contributed by atoms with E-state index in [2.05, 4.69) is 5.32 Å². The van der Waals surface area contributed by atoms with Crippen molar-refractivity contribution in [2.75, 3.05) is 13.7 Å². The van der Waals surface area contributed by atoms with Gasteiger partial charge in [-0.05, 0) is 36.1 Å². The Morgan fingerprint density at radius 2 is 1.55 bits per heavy atom. The number of methoxy groups -OCH3 is 1. The van der Waals surface area contributed by atoms with Gasteiger partial charge < -0.3 is 10.1 Å². The predicted octanol–water partition coefficient (Wildman–Crippen LogP) is 3.47. The van der Waals surface area contributed by atoms with Crippen LogP contribution in [0.1, 0.15) is 49.3 Å². The van der Waals surface area contributed by atoms with E-state index in [0.29, 0.717) is 0 Å². The van der Waals surface area contributed by atoms with Gasteiger partial charge in [0.25, 0.3) is 0 Å². The quantitative estimate of drug-likeness (QED) is 0.696. The first-order valence-electron chi connectivity index (χ1n) is 10.9. The Labute approximate surface area is 182 Å². The van der Waals surface area contributed by atoms with Crippen LogP contribution in [0.2, 0.25) is 0 Å². The number of hydrogen-bond acceptors (Lipinski definition) is 4. The third kappa shape index (κ3) is 4.48. The lowest BCUT2D eigenvalue weighted by atomic mass is 9.81. The maximum Gasteiger partial charge on any atom is 0.233 e. The summed E-state index contributed by atoms with van der Waals surface area (Å²) in [5.41, 5.74) is 1.89. The minimum atomic E-state index is -0.327. The second-order valence-corrected chi connectivity index (χ2v) is 8.26. The molecule has 0 spiro atoms. The molecule has 1 aliphatic heterocycles. The Kier molecular flexibility index (Phi) is 6.35. The van der Waals surface area contributed by atoms with E-state index in [0.717, 1.165) is 42.6 Å². The average Bonchev–Trinajstić information content (AvgIpc) is 3.06. The second-order valence-electron chi connectivity index (χ2n) is 8.26. The van der Waals surface area contributed by atoms with Crippen molar-refractivity contribution >= 4 is 17.7 Å². The highest BCUT2D eigenvalue weighted by molar-refractivity contribution is 6.05. The highest BCUT2D eigenvalue weighted by atomic mass is 16.5. The smallest absolute Gasteiger partial charge is 0.233 e. The number of hydrogen-bond donors (Lipinski definition) is 1. The van der Waals surface area contributed by atoms with E-state index >= 15 is 0 Å². The SMILES string of the molecule is COc1ccc(C(NC(=O)CCN2C(=O)C3CCCCC3C2=O)c2ccccc2)cc1. The Morgan fingerprint density at radius 1 is 0.968 bits per heavy atom. The van der Waals surface area contributed by atoms with Crippen LogP contribution in [0.25, 0.3) is 0 Å². The molecule has 2 aromatic rings. The van der Waals surface area contributed by atoms with Crippen molar-refractivity contribution in [3.05, 3.63) is 65.7 Å². The number of rotatable bonds is 7. The zero-order valence-electron chi connectivity index (χ0n) is 17.8. The number of fused-ring (bicyclic) bond motifs is 1. The summed E-state index contributed by atoms with van der Waals surface area (Å²) in [6.07, 6.45) is 3.65. The van der Waals surface area contributed by atoms with E-state index in [9.17, 15) is 14.4 Å². The average molecular weight is 421 g/mol. The van der Waals surface area contributed by atoms with Crippen molar-refractivity contribution in [3.63, 3.8) is 0 Å². The summed E-state index contributed by atoms with van der Waals surface area (Å²) in [6.45, 7) is 0.140. The lowest BCUT2D eigenvalue weighted by molar-refractivity contribution is -0.140. The van der Waals surface area contributed by atoms with Crippen molar-refractivity contribution < 1.29 is 19.1 Å². The molecular weight excluding hydrogens is 392 g/mol. The Bertz CT molecular complexity index is 918. The van der Waals surface area contributed by atoms with Gasteiger partial charge >= 0.3 is 0 Å². The lowest BCUT2D eigenvalue weighted by Crippen LogP contribution is -2.36. The molecule has 31 heavy (non-hydrogen) atoms. The van der Waals surface area contributed by atoms with Gasteiger partial charge in [-0.15, -0.1) is 0 Å². The van der Waals surface area contributed by atoms with Gasteiger partial charge in [-0.25, -0.2) is 0 Å². The zero-order valence-corrected chi connectivity index (χ0v) is 17.8. The predicted molar refractivity (Wildman–Crippen MR) is 116 cm³/mol. The first-order chi connectivity index (χ1) is 15.1. The summed E-state index contributed by atoms with van der Waals surface area (Å²) in [5.74, 6) is -0.00885. The summed E-state index contributed by atoms with van der Waals surface area (Å²) in [7, 11) is 1.61. The molecule has 6 nitrogen and oxygen atoms in total. The molecule has 0 bridgehead atoms. The van der Waals surface area contributed by atoms with E-state index in [1.807, 2.05) is 54.6 Å². The summed E-state index contributed by atoms with van der Waals surface area (Å²) < 4.78 is 5.23. The molecule has 2 aliphatic rings. The third-order valence-electron chi connectivity index (χ3n) is 6.38. The Balaban J connectivity index is 1.44. The molecule has 0 aromatic heterocycles. The molecule has 4 rings (SSSR count). The van der Waals surface area contributed by atoms with Gasteiger partial charge in [-0.2, -0.15) is 0 Å². The van der Waals surface area contributed by atoms with E-state index < -0.39 is 0 Å². The van der Waals surface area contributed by atoms with Crippen LogP contribution < -0.4 is 10.1 Å². The van der Waals surface area contributed by atoms with Crippen LogP contribution in [0.5, 0.6) is 5.75 Å². The van der Waals surface area contributed by atoms with Gasteiger partial charge in [-0.1, -0.05) is 55.3 Å². The first kappa shape index (κ1) is 21.1. The topological polar surface area (TPSA) is 75.7 Å². The standard InChI is InChI=1S/C25H28N2O4/c1-31-19-13-11-18(12-14-19)23(17-7-3-2-4-8-17)26-22(28)15-16-27-24(29)20-9-5-6-10-21(20)25(27)30/h2-4,7-8,11-14,20-21,23H,5-6,9-10,15-16H2,1H3,(H,26,28). The molecule has 0 radical (unpaired) electrons. The second kappa shape index (κ2) is 9.33. The van der Waals surface area contributed by atoms with E-state index in [1.54, 1.807) is 7.11 Å². The molecule has 162 valence electrons.